The summed E-state index contributed by atoms with van der Waals surface area (Å²) < 4.78 is 43.3. The van der Waals surface area contributed by atoms with Crippen LogP contribution in [-0.2, 0) is 0 Å². The molecule has 0 saturated carbocycles. The third kappa shape index (κ3) is 4.20. The lowest BCUT2D eigenvalue weighted by Crippen LogP contribution is -2.35. The molecule has 0 aliphatic heterocycles. The quantitative estimate of drug-likeness (QED) is 0.926. The van der Waals surface area contributed by atoms with Gasteiger partial charge in [-0.1, -0.05) is 15.9 Å². The summed E-state index contributed by atoms with van der Waals surface area (Å²) in [4.78, 5) is 0. The first-order valence-electron chi connectivity index (χ1n) is 5.00. The Morgan fingerprint density at radius 2 is 2.06 bits per heavy atom. The van der Waals surface area contributed by atoms with Crippen molar-refractivity contribution in [2.45, 2.75) is 13.1 Å². The van der Waals surface area contributed by atoms with Crippen molar-refractivity contribution in [1.29, 1.82) is 0 Å². The number of hydrogen-bond donors (Lipinski definition) is 1. The number of ether oxygens (including phenoxy) is 1. The number of halogens is 4. The van der Waals surface area contributed by atoms with Gasteiger partial charge in [-0.2, -0.15) is 13.2 Å². The van der Waals surface area contributed by atoms with Crippen molar-refractivity contribution in [2.75, 3.05) is 13.2 Å². The van der Waals surface area contributed by atoms with Crippen molar-refractivity contribution in [2.24, 2.45) is 11.7 Å². The van der Waals surface area contributed by atoms with Crippen LogP contribution in [0.2, 0.25) is 0 Å². The molecule has 96 valence electrons. The van der Waals surface area contributed by atoms with E-state index in [4.69, 9.17) is 10.5 Å². The van der Waals surface area contributed by atoms with Crippen molar-refractivity contribution < 1.29 is 17.9 Å². The van der Waals surface area contributed by atoms with Crippen LogP contribution in [0.3, 0.4) is 0 Å². The van der Waals surface area contributed by atoms with Crippen LogP contribution >= 0.6 is 15.9 Å². The van der Waals surface area contributed by atoms with Crippen LogP contribution in [0, 0.1) is 12.8 Å². The fraction of sp³-hybridized carbons (Fsp3) is 0.455. The molecule has 1 aromatic rings. The Labute approximate surface area is 106 Å². The highest BCUT2D eigenvalue weighted by atomic mass is 79.9. The third-order valence-electron chi connectivity index (χ3n) is 2.32. The van der Waals surface area contributed by atoms with Crippen molar-refractivity contribution in [3.05, 3.63) is 28.2 Å². The molecule has 0 spiro atoms. The van der Waals surface area contributed by atoms with Crippen LogP contribution in [0.5, 0.6) is 5.75 Å². The zero-order valence-corrected chi connectivity index (χ0v) is 10.8. The van der Waals surface area contributed by atoms with Gasteiger partial charge >= 0.3 is 6.18 Å². The van der Waals surface area contributed by atoms with Crippen molar-refractivity contribution in [3.63, 3.8) is 0 Å². The smallest absolute Gasteiger partial charge is 0.396 e. The first-order chi connectivity index (χ1) is 7.84. The lowest BCUT2D eigenvalue weighted by Gasteiger charge is -2.19. The Hall–Kier alpha value is -0.750. The SMILES string of the molecule is Cc1cc(Br)ccc1OCC(CN)C(F)(F)F. The molecule has 0 fully saturated rings. The summed E-state index contributed by atoms with van der Waals surface area (Å²) in [6, 6.07) is 5.12. The zero-order chi connectivity index (χ0) is 13.1. The van der Waals surface area contributed by atoms with Gasteiger partial charge in [0.15, 0.2) is 0 Å². The molecule has 1 rings (SSSR count). The minimum atomic E-state index is -4.32. The Balaban J connectivity index is 2.66. The number of aryl methyl sites for hydroxylation is 1. The maximum Gasteiger partial charge on any atom is 0.396 e. The van der Waals surface area contributed by atoms with E-state index >= 15 is 0 Å². The highest BCUT2D eigenvalue weighted by molar-refractivity contribution is 9.10. The molecule has 1 aromatic carbocycles. The summed E-state index contributed by atoms with van der Waals surface area (Å²) in [7, 11) is 0. The van der Waals surface area contributed by atoms with E-state index in [0.717, 1.165) is 10.0 Å². The minimum Gasteiger partial charge on any atom is -0.493 e. The van der Waals surface area contributed by atoms with E-state index in [1.807, 2.05) is 0 Å². The van der Waals surface area contributed by atoms with E-state index in [9.17, 15) is 13.2 Å². The van der Waals surface area contributed by atoms with Gasteiger partial charge in [0.25, 0.3) is 0 Å². The van der Waals surface area contributed by atoms with Crippen LogP contribution in [0.25, 0.3) is 0 Å². The Bertz CT molecular complexity index is 381. The summed E-state index contributed by atoms with van der Waals surface area (Å²) >= 11 is 3.27. The average Bonchev–Trinajstić information content (AvgIpc) is 2.19. The van der Waals surface area contributed by atoms with E-state index in [1.54, 1.807) is 25.1 Å². The molecule has 0 aliphatic rings. The molecule has 1 atom stereocenters. The van der Waals surface area contributed by atoms with Crippen molar-refractivity contribution in [3.8, 4) is 5.75 Å². The van der Waals surface area contributed by atoms with Crippen molar-refractivity contribution >= 4 is 15.9 Å². The summed E-state index contributed by atoms with van der Waals surface area (Å²) in [5.74, 6) is -1.19. The second-order valence-electron chi connectivity index (χ2n) is 3.70. The summed E-state index contributed by atoms with van der Waals surface area (Å²) in [5, 5.41) is 0. The number of hydrogen-bond acceptors (Lipinski definition) is 2. The van der Waals surface area contributed by atoms with Gasteiger partial charge in [0.05, 0.1) is 0 Å². The van der Waals surface area contributed by atoms with Gasteiger partial charge in [0.1, 0.15) is 18.3 Å². The molecule has 2 nitrogen and oxygen atoms in total. The molecule has 0 radical (unpaired) electrons. The Kier molecular flexibility index (Phi) is 4.82. The largest absolute Gasteiger partial charge is 0.493 e. The predicted molar refractivity (Wildman–Crippen MR) is 63.0 cm³/mol. The number of benzene rings is 1. The fourth-order valence-electron chi connectivity index (χ4n) is 1.26. The molecular weight excluding hydrogens is 299 g/mol. The molecule has 17 heavy (non-hydrogen) atoms. The molecule has 0 amide bonds. The molecule has 1 unspecified atom stereocenters. The van der Waals surface area contributed by atoms with Crippen LogP contribution in [0.1, 0.15) is 5.56 Å². The van der Waals surface area contributed by atoms with Gasteiger partial charge < -0.3 is 10.5 Å². The first kappa shape index (κ1) is 14.3. The number of nitrogens with two attached hydrogens (primary N) is 1. The van der Waals surface area contributed by atoms with Gasteiger partial charge in [-0.05, 0) is 30.7 Å². The van der Waals surface area contributed by atoms with Gasteiger partial charge in [0, 0.05) is 11.0 Å². The Morgan fingerprint density at radius 3 is 2.53 bits per heavy atom. The van der Waals surface area contributed by atoms with E-state index < -0.39 is 25.2 Å². The van der Waals surface area contributed by atoms with Gasteiger partial charge in [0.2, 0.25) is 0 Å². The lowest BCUT2D eigenvalue weighted by molar-refractivity contribution is -0.178. The van der Waals surface area contributed by atoms with E-state index in [-0.39, 0.29) is 0 Å². The maximum absolute atomic E-state index is 12.4. The first-order valence-corrected chi connectivity index (χ1v) is 5.79. The Morgan fingerprint density at radius 1 is 1.41 bits per heavy atom. The molecule has 6 heteroatoms. The number of rotatable bonds is 4. The fourth-order valence-corrected chi connectivity index (χ4v) is 1.74. The van der Waals surface area contributed by atoms with Crippen LogP contribution in [0.4, 0.5) is 13.2 Å². The summed E-state index contributed by atoms with van der Waals surface area (Å²) in [5.41, 5.74) is 5.85. The van der Waals surface area contributed by atoms with Crippen molar-refractivity contribution in [1.82, 2.24) is 0 Å². The molecule has 0 heterocycles. The average molecular weight is 312 g/mol. The van der Waals surface area contributed by atoms with Crippen LogP contribution in [0.15, 0.2) is 22.7 Å². The molecule has 0 aromatic heterocycles. The van der Waals surface area contributed by atoms with E-state index in [1.165, 1.54) is 0 Å². The highest BCUT2D eigenvalue weighted by Gasteiger charge is 2.39. The van der Waals surface area contributed by atoms with Gasteiger partial charge in [-0.3, -0.25) is 0 Å². The number of alkyl halides is 3. The standard InChI is InChI=1S/C11H13BrF3NO/c1-7-4-9(12)2-3-10(7)17-6-8(5-16)11(13,14)15/h2-4,8H,5-6,16H2,1H3. The normalized spacial score (nSPS) is 13.5. The highest BCUT2D eigenvalue weighted by Crippen LogP contribution is 2.28. The minimum absolute atomic E-state index is 0.441. The van der Waals surface area contributed by atoms with E-state index in [2.05, 4.69) is 15.9 Å². The molecular formula is C11H13BrF3NO. The second kappa shape index (κ2) is 5.73. The summed E-state index contributed by atoms with van der Waals surface area (Å²) in [6.45, 7) is 0.840. The lowest BCUT2D eigenvalue weighted by atomic mass is 10.1. The van der Waals surface area contributed by atoms with Gasteiger partial charge in [-0.15, -0.1) is 0 Å². The second-order valence-corrected chi connectivity index (χ2v) is 4.61. The molecule has 0 saturated heterocycles. The zero-order valence-electron chi connectivity index (χ0n) is 9.22. The third-order valence-corrected chi connectivity index (χ3v) is 2.82. The van der Waals surface area contributed by atoms with Gasteiger partial charge in [-0.25, -0.2) is 0 Å². The molecule has 2 N–H and O–H groups in total. The predicted octanol–water partition coefficient (Wildman–Crippen LogP) is 3.27. The van der Waals surface area contributed by atoms with Crippen LogP contribution in [-0.4, -0.2) is 19.3 Å². The summed E-state index contributed by atoms with van der Waals surface area (Å²) in [6.07, 6.45) is -4.32. The topological polar surface area (TPSA) is 35.2 Å². The van der Waals surface area contributed by atoms with Crippen LogP contribution < -0.4 is 10.5 Å². The molecule has 0 bridgehead atoms. The maximum atomic E-state index is 12.4. The molecule has 0 aliphatic carbocycles. The van der Waals surface area contributed by atoms with E-state index in [0.29, 0.717) is 5.75 Å². The monoisotopic (exact) mass is 311 g/mol.